The standard InChI is InChI=1S/C15H16Cl2NO3P/c1-3-21-22(19,20)13-7-5-4-6-12(13)18-15-11(16)9-8-10(2)14(15)17/h4-9,18H,3H2,1-2H3,(H,19,20). The molecule has 0 fully saturated rings. The molecule has 0 aliphatic carbocycles. The van der Waals surface area contributed by atoms with Crippen LogP contribution in [0.25, 0.3) is 0 Å². The van der Waals surface area contributed by atoms with Gasteiger partial charge in [-0.15, -0.1) is 0 Å². The molecule has 0 spiro atoms. The summed E-state index contributed by atoms with van der Waals surface area (Å²) in [6.07, 6.45) is 0. The van der Waals surface area contributed by atoms with Crippen LogP contribution in [0.5, 0.6) is 0 Å². The Morgan fingerprint density at radius 2 is 1.91 bits per heavy atom. The molecule has 0 radical (unpaired) electrons. The highest BCUT2D eigenvalue weighted by atomic mass is 35.5. The van der Waals surface area contributed by atoms with Crippen LogP contribution in [0.15, 0.2) is 36.4 Å². The molecule has 2 rings (SSSR count). The number of anilines is 2. The summed E-state index contributed by atoms with van der Waals surface area (Å²) in [5.74, 6) is 0. The zero-order chi connectivity index (χ0) is 16.3. The number of rotatable bonds is 5. The molecular weight excluding hydrogens is 344 g/mol. The van der Waals surface area contributed by atoms with Crippen LogP contribution < -0.4 is 10.6 Å². The molecular formula is C15H16Cl2NO3P. The lowest BCUT2D eigenvalue weighted by Gasteiger charge is -2.18. The molecule has 4 nitrogen and oxygen atoms in total. The van der Waals surface area contributed by atoms with Crippen molar-refractivity contribution < 1.29 is 14.0 Å². The highest BCUT2D eigenvalue weighted by Crippen LogP contribution is 2.44. The highest BCUT2D eigenvalue weighted by Gasteiger charge is 2.26. The van der Waals surface area contributed by atoms with Crippen molar-refractivity contribution in [3.8, 4) is 0 Å². The molecule has 2 aromatic carbocycles. The van der Waals surface area contributed by atoms with E-state index in [0.717, 1.165) is 5.56 Å². The molecule has 1 unspecified atom stereocenters. The molecule has 1 atom stereocenters. The molecule has 0 aliphatic rings. The first-order valence-corrected chi connectivity index (χ1v) is 8.98. The quantitative estimate of drug-likeness (QED) is 0.746. The van der Waals surface area contributed by atoms with Crippen LogP contribution in [0.1, 0.15) is 12.5 Å². The van der Waals surface area contributed by atoms with Crippen LogP contribution in [0.4, 0.5) is 11.4 Å². The molecule has 0 saturated heterocycles. The van der Waals surface area contributed by atoms with Crippen molar-refractivity contribution in [2.75, 3.05) is 11.9 Å². The fraction of sp³-hybridized carbons (Fsp3) is 0.200. The third-order valence-corrected chi connectivity index (χ3v) is 5.47. The number of hydrogen-bond donors (Lipinski definition) is 2. The Hall–Kier alpha value is -1.03. The Morgan fingerprint density at radius 3 is 2.59 bits per heavy atom. The lowest BCUT2D eigenvalue weighted by atomic mass is 10.2. The van der Waals surface area contributed by atoms with E-state index in [4.69, 9.17) is 27.7 Å². The van der Waals surface area contributed by atoms with Gasteiger partial charge in [0.2, 0.25) is 0 Å². The summed E-state index contributed by atoms with van der Waals surface area (Å²) in [6, 6.07) is 10.1. The predicted molar refractivity (Wildman–Crippen MR) is 92.0 cm³/mol. The number of halogens is 2. The van der Waals surface area contributed by atoms with Gasteiger partial charge in [-0.25, -0.2) is 0 Å². The largest absolute Gasteiger partial charge is 0.360 e. The summed E-state index contributed by atoms with van der Waals surface area (Å²) in [4.78, 5) is 10.1. The number of aryl methyl sites for hydroxylation is 1. The number of benzene rings is 2. The van der Waals surface area contributed by atoms with Crippen molar-refractivity contribution in [2.45, 2.75) is 13.8 Å². The maximum atomic E-state index is 12.3. The Labute approximate surface area is 139 Å². The van der Waals surface area contributed by atoms with E-state index < -0.39 is 7.60 Å². The molecule has 0 amide bonds. The van der Waals surface area contributed by atoms with Gasteiger partial charge < -0.3 is 14.7 Å². The number of nitrogens with one attached hydrogen (secondary N) is 1. The third kappa shape index (κ3) is 3.65. The van der Waals surface area contributed by atoms with Gasteiger partial charge in [0.15, 0.2) is 0 Å². The second-order valence-corrected chi connectivity index (χ2v) is 7.20. The molecule has 0 bridgehead atoms. The van der Waals surface area contributed by atoms with Gasteiger partial charge in [-0.1, -0.05) is 41.4 Å². The van der Waals surface area contributed by atoms with Crippen molar-refractivity contribution in [1.29, 1.82) is 0 Å². The van der Waals surface area contributed by atoms with Crippen LogP contribution >= 0.6 is 30.8 Å². The molecule has 7 heteroatoms. The van der Waals surface area contributed by atoms with Crippen LogP contribution in [0.3, 0.4) is 0 Å². The second kappa shape index (κ2) is 7.03. The summed E-state index contributed by atoms with van der Waals surface area (Å²) in [5, 5.41) is 4.10. The Bertz CT molecular complexity index is 737. The number of para-hydroxylation sites is 1. The third-order valence-electron chi connectivity index (χ3n) is 3.06. The highest BCUT2D eigenvalue weighted by molar-refractivity contribution is 7.61. The maximum absolute atomic E-state index is 12.3. The minimum atomic E-state index is -3.91. The van der Waals surface area contributed by atoms with E-state index in [1.165, 1.54) is 6.07 Å². The van der Waals surface area contributed by atoms with Gasteiger partial charge in [-0.3, -0.25) is 4.57 Å². The van der Waals surface area contributed by atoms with E-state index in [0.29, 0.717) is 21.4 Å². The van der Waals surface area contributed by atoms with Crippen molar-refractivity contribution in [2.24, 2.45) is 0 Å². The monoisotopic (exact) mass is 359 g/mol. The first-order chi connectivity index (χ1) is 10.4. The molecule has 0 heterocycles. The summed E-state index contributed by atoms with van der Waals surface area (Å²) in [6.45, 7) is 3.65. The first kappa shape index (κ1) is 17.3. The van der Waals surface area contributed by atoms with Crippen molar-refractivity contribution in [3.05, 3.63) is 52.0 Å². The minimum absolute atomic E-state index is 0.133. The van der Waals surface area contributed by atoms with Gasteiger partial charge in [0.05, 0.1) is 33.3 Å². The van der Waals surface area contributed by atoms with Crippen molar-refractivity contribution >= 4 is 47.5 Å². The van der Waals surface area contributed by atoms with E-state index in [9.17, 15) is 9.46 Å². The maximum Gasteiger partial charge on any atom is 0.360 e. The number of hydrogen-bond acceptors (Lipinski definition) is 3. The van der Waals surface area contributed by atoms with Gasteiger partial charge in [0.1, 0.15) is 0 Å². The minimum Gasteiger partial charge on any atom is -0.352 e. The summed E-state index contributed by atoms with van der Waals surface area (Å²) in [7, 11) is -3.91. The molecule has 2 N–H and O–H groups in total. The van der Waals surface area contributed by atoms with Crippen LogP contribution in [0, 0.1) is 6.92 Å². The average Bonchev–Trinajstić information content (AvgIpc) is 2.48. The molecule has 0 aromatic heterocycles. The Balaban J connectivity index is 2.48. The summed E-state index contributed by atoms with van der Waals surface area (Å²) < 4.78 is 17.3. The van der Waals surface area contributed by atoms with Crippen LogP contribution in [-0.2, 0) is 9.09 Å². The predicted octanol–water partition coefficient (Wildman–Crippen LogP) is 4.89. The lowest BCUT2D eigenvalue weighted by Crippen LogP contribution is -2.12. The fourth-order valence-corrected chi connectivity index (χ4v) is 3.64. The SMILES string of the molecule is CCOP(=O)(O)c1ccccc1Nc1c(Cl)ccc(C)c1Cl. The van der Waals surface area contributed by atoms with Crippen molar-refractivity contribution in [3.63, 3.8) is 0 Å². The molecule has 22 heavy (non-hydrogen) atoms. The Kier molecular flexibility index (Phi) is 5.54. The first-order valence-electron chi connectivity index (χ1n) is 6.65. The van der Waals surface area contributed by atoms with Gasteiger partial charge in [0, 0.05) is 0 Å². The van der Waals surface area contributed by atoms with Gasteiger partial charge in [0.25, 0.3) is 0 Å². The zero-order valence-electron chi connectivity index (χ0n) is 12.1. The van der Waals surface area contributed by atoms with E-state index in [2.05, 4.69) is 5.32 Å². The summed E-state index contributed by atoms with van der Waals surface area (Å²) in [5.41, 5.74) is 1.77. The smallest absolute Gasteiger partial charge is 0.352 e. The molecule has 0 aliphatic heterocycles. The van der Waals surface area contributed by atoms with E-state index in [-0.39, 0.29) is 11.9 Å². The van der Waals surface area contributed by atoms with Gasteiger partial charge in [-0.2, -0.15) is 0 Å². The van der Waals surface area contributed by atoms with Gasteiger partial charge >= 0.3 is 7.60 Å². The zero-order valence-corrected chi connectivity index (χ0v) is 14.5. The van der Waals surface area contributed by atoms with E-state index >= 15 is 0 Å². The van der Waals surface area contributed by atoms with Crippen molar-refractivity contribution in [1.82, 2.24) is 0 Å². The van der Waals surface area contributed by atoms with Gasteiger partial charge in [-0.05, 0) is 37.6 Å². The Morgan fingerprint density at radius 1 is 1.23 bits per heavy atom. The average molecular weight is 360 g/mol. The van der Waals surface area contributed by atoms with E-state index in [1.54, 1.807) is 37.3 Å². The van der Waals surface area contributed by atoms with Crippen LogP contribution in [-0.4, -0.2) is 11.5 Å². The van der Waals surface area contributed by atoms with E-state index in [1.807, 2.05) is 6.92 Å². The van der Waals surface area contributed by atoms with Crippen LogP contribution in [0.2, 0.25) is 10.0 Å². The normalized spacial score (nSPS) is 13.7. The summed E-state index contributed by atoms with van der Waals surface area (Å²) >= 11 is 12.4. The second-order valence-electron chi connectivity index (χ2n) is 4.63. The molecule has 2 aromatic rings. The fourth-order valence-electron chi connectivity index (χ4n) is 1.98. The topological polar surface area (TPSA) is 58.6 Å². The molecule has 118 valence electrons. The lowest BCUT2D eigenvalue weighted by molar-refractivity contribution is 0.284. The molecule has 0 saturated carbocycles.